The van der Waals surface area contributed by atoms with Crippen molar-refractivity contribution in [2.24, 2.45) is 4.99 Å². The van der Waals surface area contributed by atoms with E-state index in [-0.39, 0.29) is 11.5 Å². The maximum Gasteiger partial charge on any atom is 0.286 e. The van der Waals surface area contributed by atoms with E-state index in [2.05, 4.69) is 20.9 Å². The summed E-state index contributed by atoms with van der Waals surface area (Å²) in [6, 6.07) is 11.7. The number of ether oxygens (including phenoxy) is 1. The molecule has 1 amide bonds. The van der Waals surface area contributed by atoms with Crippen LogP contribution >= 0.6 is 23.4 Å². The molecule has 1 spiro atoms. The molecule has 0 N–H and O–H groups in total. The highest BCUT2D eigenvalue weighted by atomic mass is 35.5. The number of nitrogens with zero attached hydrogens (tertiary/aromatic N) is 3. The summed E-state index contributed by atoms with van der Waals surface area (Å²) in [6.07, 6.45) is 3.56. The van der Waals surface area contributed by atoms with E-state index in [9.17, 15) is 4.79 Å². The SMILES string of the molecule is CC(=C1SC(N2CCC3(CC2)OCc2ncccc23)=NC1=O)c1ccc(Cl)cc1. The second-order valence-electron chi connectivity index (χ2n) is 7.53. The van der Waals surface area contributed by atoms with Gasteiger partial charge in [-0.05, 0) is 60.9 Å². The van der Waals surface area contributed by atoms with E-state index in [1.807, 2.05) is 43.5 Å². The fourth-order valence-electron chi connectivity index (χ4n) is 4.22. The summed E-state index contributed by atoms with van der Waals surface area (Å²) >= 11 is 7.45. The second kappa shape index (κ2) is 7.27. The number of thioether (sulfide) groups is 1. The number of amidine groups is 1. The third-order valence-corrected chi connectivity index (χ3v) is 7.38. The van der Waals surface area contributed by atoms with Gasteiger partial charge in [0.2, 0.25) is 0 Å². The van der Waals surface area contributed by atoms with Crippen molar-refractivity contribution in [3.63, 3.8) is 0 Å². The molecular formula is C22H20ClN3O2S. The average molecular weight is 426 g/mol. The molecule has 0 aliphatic carbocycles. The number of fused-ring (bicyclic) bond motifs is 2. The zero-order valence-electron chi connectivity index (χ0n) is 16.0. The Balaban J connectivity index is 1.31. The van der Waals surface area contributed by atoms with E-state index < -0.39 is 0 Å². The van der Waals surface area contributed by atoms with Crippen LogP contribution in [0.15, 0.2) is 52.5 Å². The number of piperidine rings is 1. The number of aromatic nitrogens is 1. The van der Waals surface area contributed by atoms with E-state index in [1.54, 1.807) is 0 Å². The van der Waals surface area contributed by atoms with Crippen LogP contribution < -0.4 is 0 Å². The summed E-state index contributed by atoms with van der Waals surface area (Å²) in [7, 11) is 0. The molecule has 148 valence electrons. The van der Waals surface area contributed by atoms with Gasteiger partial charge in [-0.3, -0.25) is 9.78 Å². The van der Waals surface area contributed by atoms with Crippen molar-refractivity contribution < 1.29 is 9.53 Å². The molecule has 0 saturated carbocycles. The maximum absolute atomic E-state index is 12.6. The molecule has 0 radical (unpaired) electrons. The number of rotatable bonds is 1. The van der Waals surface area contributed by atoms with Crippen LogP contribution in [-0.4, -0.2) is 34.0 Å². The Morgan fingerprint density at radius 2 is 1.97 bits per heavy atom. The number of carbonyl (C=O) groups excluding carboxylic acids is 1. The number of likely N-dealkylation sites (tertiary alicyclic amines) is 1. The molecule has 7 heteroatoms. The van der Waals surface area contributed by atoms with Gasteiger partial charge in [0.15, 0.2) is 5.17 Å². The Bertz CT molecular complexity index is 1040. The highest BCUT2D eigenvalue weighted by molar-refractivity contribution is 8.18. The number of amides is 1. The Morgan fingerprint density at radius 3 is 2.72 bits per heavy atom. The quantitative estimate of drug-likeness (QED) is 0.624. The monoisotopic (exact) mass is 425 g/mol. The lowest BCUT2D eigenvalue weighted by Gasteiger charge is -2.39. The minimum atomic E-state index is -0.244. The smallest absolute Gasteiger partial charge is 0.286 e. The van der Waals surface area contributed by atoms with Crippen molar-refractivity contribution in [2.75, 3.05) is 13.1 Å². The number of benzene rings is 1. The van der Waals surface area contributed by atoms with Gasteiger partial charge in [-0.25, -0.2) is 0 Å². The van der Waals surface area contributed by atoms with Crippen LogP contribution in [-0.2, 0) is 21.7 Å². The standard InChI is InChI=1S/C22H20ClN3O2S/c1-14(15-4-6-16(23)7-5-15)19-20(27)25-21(29-19)26-11-8-22(9-12-26)17-3-2-10-24-18(17)13-28-22/h2-7,10H,8-9,11-13H2,1H3. The molecule has 0 unspecified atom stereocenters. The lowest BCUT2D eigenvalue weighted by atomic mass is 9.85. The maximum atomic E-state index is 12.6. The third kappa shape index (κ3) is 3.29. The molecule has 29 heavy (non-hydrogen) atoms. The lowest BCUT2D eigenvalue weighted by Crippen LogP contribution is -2.44. The molecule has 1 saturated heterocycles. The summed E-state index contributed by atoms with van der Waals surface area (Å²) in [4.78, 5) is 24.3. The van der Waals surface area contributed by atoms with Crippen LogP contribution in [0.3, 0.4) is 0 Å². The minimum absolute atomic E-state index is 0.163. The second-order valence-corrected chi connectivity index (χ2v) is 8.94. The Morgan fingerprint density at radius 1 is 1.21 bits per heavy atom. The van der Waals surface area contributed by atoms with E-state index in [0.29, 0.717) is 16.5 Å². The van der Waals surface area contributed by atoms with Crippen LogP contribution in [0.5, 0.6) is 0 Å². The zero-order valence-corrected chi connectivity index (χ0v) is 17.6. The average Bonchev–Trinajstić information content (AvgIpc) is 3.30. The largest absolute Gasteiger partial charge is 0.364 e. The van der Waals surface area contributed by atoms with Crippen molar-refractivity contribution in [2.45, 2.75) is 32.0 Å². The molecule has 1 aromatic carbocycles. The molecule has 1 aromatic heterocycles. The van der Waals surface area contributed by atoms with Gasteiger partial charge in [0.05, 0.1) is 22.8 Å². The lowest BCUT2D eigenvalue weighted by molar-refractivity contribution is -0.113. The van der Waals surface area contributed by atoms with Gasteiger partial charge < -0.3 is 9.64 Å². The summed E-state index contributed by atoms with van der Waals surface area (Å²) in [5.74, 6) is -0.163. The summed E-state index contributed by atoms with van der Waals surface area (Å²) < 4.78 is 6.19. The first-order chi connectivity index (χ1) is 14.1. The first-order valence-corrected chi connectivity index (χ1v) is 10.9. The number of aliphatic imine (C=N–C) groups is 1. The first-order valence-electron chi connectivity index (χ1n) is 9.67. The number of allylic oxidation sites excluding steroid dienone is 1. The van der Waals surface area contributed by atoms with Crippen LogP contribution in [0.1, 0.15) is 36.6 Å². The topological polar surface area (TPSA) is 54.8 Å². The van der Waals surface area contributed by atoms with E-state index >= 15 is 0 Å². The molecule has 1 fully saturated rings. The summed E-state index contributed by atoms with van der Waals surface area (Å²) in [6.45, 7) is 4.16. The van der Waals surface area contributed by atoms with Gasteiger partial charge in [-0.2, -0.15) is 4.99 Å². The van der Waals surface area contributed by atoms with Crippen molar-refractivity contribution in [3.05, 3.63) is 69.3 Å². The molecule has 3 aliphatic rings. The number of hydrogen-bond donors (Lipinski definition) is 0. The van der Waals surface area contributed by atoms with E-state index in [0.717, 1.165) is 47.9 Å². The predicted molar refractivity (Wildman–Crippen MR) is 116 cm³/mol. The van der Waals surface area contributed by atoms with Gasteiger partial charge in [0, 0.05) is 29.9 Å². The normalized spacial score (nSPS) is 22.1. The molecule has 0 bridgehead atoms. The Labute approximate surface area is 178 Å². The number of carbonyl (C=O) groups is 1. The number of pyridine rings is 1. The van der Waals surface area contributed by atoms with Crippen molar-refractivity contribution >= 4 is 40.0 Å². The van der Waals surface area contributed by atoms with Gasteiger partial charge in [-0.1, -0.05) is 29.8 Å². The minimum Gasteiger partial charge on any atom is -0.364 e. The number of hydrogen-bond acceptors (Lipinski definition) is 5. The fraction of sp³-hybridized carbons (Fsp3) is 0.318. The van der Waals surface area contributed by atoms with E-state index in [4.69, 9.17) is 16.3 Å². The highest BCUT2D eigenvalue weighted by Crippen LogP contribution is 2.44. The molecule has 3 aliphatic heterocycles. The molecular weight excluding hydrogens is 406 g/mol. The van der Waals surface area contributed by atoms with Gasteiger partial charge in [-0.15, -0.1) is 0 Å². The van der Waals surface area contributed by atoms with Gasteiger partial charge >= 0.3 is 0 Å². The van der Waals surface area contributed by atoms with Crippen LogP contribution in [0.2, 0.25) is 5.02 Å². The molecule has 2 aromatic rings. The van der Waals surface area contributed by atoms with Crippen LogP contribution in [0.25, 0.3) is 5.57 Å². The van der Waals surface area contributed by atoms with Crippen LogP contribution in [0.4, 0.5) is 0 Å². The van der Waals surface area contributed by atoms with Crippen LogP contribution in [0, 0.1) is 0 Å². The first kappa shape index (κ1) is 18.9. The Hall–Kier alpha value is -2.15. The van der Waals surface area contributed by atoms with E-state index in [1.165, 1.54) is 17.3 Å². The van der Waals surface area contributed by atoms with Crippen molar-refractivity contribution in [1.82, 2.24) is 9.88 Å². The zero-order chi connectivity index (χ0) is 20.0. The van der Waals surface area contributed by atoms with Gasteiger partial charge in [0.25, 0.3) is 5.91 Å². The highest BCUT2D eigenvalue weighted by Gasteiger charge is 2.44. The molecule has 5 rings (SSSR count). The molecule has 0 atom stereocenters. The fourth-order valence-corrected chi connectivity index (χ4v) is 5.38. The molecule has 5 nitrogen and oxygen atoms in total. The van der Waals surface area contributed by atoms with Gasteiger partial charge in [0.1, 0.15) is 0 Å². The molecule has 4 heterocycles. The Kier molecular flexibility index (Phi) is 4.73. The van der Waals surface area contributed by atoms with Crippen molar-refractivity contribution in [3.8, 4) is 0 Å². The van der Waals surface area contributed by atoms with Crippen molar-refractivity contribution in [1.29, 1.82) is 0 Å². The summed E-state index contributed by atoms with van der Waals surface area (Å²) in [5, 5.41) is 1.47. The number of halogens is 1. The third-order valence-electron chi connectivity index (χ3n) is 5.91. The predicted octanol–water partition coefficient (Wildman–Crippen LogP) is 4.62. The summed E-state index contributed by atoms with van der Waals surface area (Å²) in [5.41, 5.74) is 3.94.